The molecule has 0 aliphatic heterocycles. The van der Waals surface area contributed by atoms with Crippen LogP contribution in [0.5, 0.6) is 5.75 Å². The highest BCUT2D eigenvalue weighted by Gasteiger charge is 2.15. The number of anilines is 1. The van der Waals surface area contributed by atoms with Gasteiger partial charge in [0.2, 0.25) is 5.91 Å². The third-order valence-corrected chi connectivity index (χ3v) is 3.26. The maximum absolute atomic E-state index is 11.8. The summed E-state index contributed by atoms with van der Waals surface area (Å²) in [4.78, 5) is 11.8. The van der Waals surface area contributed by atoms with Crippen LogP contribution in [0, 0.1) is 0 Å². The summed E-state index contributed by atoms with van der Waals surface area (Å²) in [5.41, 5.74) is 0.771. The summed E-state index contributed by atoms with van der Waals surface area (Å²) in [6.07, 6.45) is 4.92. The topological polar surface area (TPSA) is 50.4 Å². The van der Waals surface area contributed by atoms with Crippen molar-refractivity contribution in [1.82, 2.24) is 5.32 Å². The standard InChI is InChI=1S/C14H20N2O2/c1-18-13-8-4-7-12(9-13)16-14(17)10-15-11-5-2-3-6-11/h4,7-9,11,15H,2-3,5-6,10H2,1H3,(H,16,17). The van der Waals surface area contributed by atoms with Crippen molar-refractivity contribution in [2.75, 3.05) is 19.0 Å². The fourth-order valence-corrected chi connectivity index (χ4v) is 2.27. The predicted molar refractivity (Wildman–Crippen MR) is 71.9 cm³/mol. The molecule has 0 aromatic heterocycles. The van der Waals surface area contributed by atoms with Crippen LogP contribution >= 0.6 is 0 Å². The lowest BCUT2D eigenvalue weighted by molar-refractivity contribution is -0.115. The van der Waals surface area contributed by atoms with Crippen LogP contribution in [-0.2, 0) is 4.79 Å². The molecule has 0 atom stereocenters. The molecule has 1 aromatic carbocycles. The Morgan fingerprint density at radius 2 is 2.17 bits per heavy atom. The normalized spacial score (nSPS) is 15.6. The number of methoxy groups -OCH3 is 1. The highest BCUT2D eigenvalue weighted by molar-refractivity contribution is 5.92. The molecule has 2 N–H and O–H groups in total. The Morgan fingerprint density at radius 1 is 1.39 bits per heavy atom. The van der Waals surface area contributed by atoms with E-state index in [4.69, 9.17) is 4.74 Å². The van der Waals surface area contributed by atoms with Crippen LogP contribution in [0.1, 0.15) is 25.7 Å². The van der Waals surface area contributed by atoms with Crippen molar-refractivity contribution in [3.8, 4) is 5.75 Å². The Hall–Kier alpha value is -1.55. The zero-order valence-electron chi connectivity index (χ0n) is 10.7. The number of ether oxygens (including phenoxy) is 1. The van der Waals surface area contributed by atoms with E-state index in [1.54, 1.807) is 7.11 Å². The van der Waals surface area contributed by atoms with Gasteiger partial charge in [0.15, 0.2) is 0 Å². The Bertz CT molecular complexity index is 401. The smallest absolute Gasteiger partial charge is 0.238 e. The lowest BCUT2D eigenvalue weighted by Crippen LogP contribution is -2.34. The van der Waals surface area contributed by atoms with E-state index < -0.39 is 0 Å². The van der Waals surface area contributed by atoms with Gasteiger partial charge in [-0.05, 0) is 25.0 Å². The molecule has 4 heteroatoms. The average molecular weight is 248 g/mol. The maximum atomic E-state index is 11.8. The van der Waals surface area contributed by atoms with Crippen molar-refractivity contribution in [3.63, 3.8) is 0 Å². The van der Waals surface area contributed by atoms with Crippen molar-refractivity contribution in [2.45, 2.75) is 31.7 Å². The van der Waals surface area contributed by atoms with E-state index in [1.165, 1.54) is 25.7 Å². The summed E-state index contributed by atoms with van der Waals surface area (Å²) in [5, 5.41) is 6.15. The van der Waals surface area contributed by atoms with Gasteiger partial charge in [-0.2, -0.15) is 0 Å². The summed E-state index contributed by atoms with van der Waals surface area (Å²) in [6, 6.07) is 7.90. The van der Waals surface area contributed by atoms with Crippen LogP contribution in [0.4, 0.5) is 5.69 Å². The second kappa shape index (κ2) is 6.40. The second-order valence-electron chi connectivity index (χ2n) is 4.64. The van der Waals surface area contributed by atoms with Crippen LogP contribution in [0.15, 0.2) is 24.3 Å². The van der Waals surface area contributed by atoms with Gasteiger partial charge < -0.3 is 15.4 Å². The van der Waals surface area contributed by atoms with Crippen molar-refractivity contribution >= 4 is 11.6 Å². The Labute approximate surface area is 108 Å². The summed E-state index contributed by atoms with van der Waals surface area (Å²) in [7, 11) is 1.61. The first-order valence-corrected chi connectivity index (χ1v) is 6.45. The Kier molecular flexibility index (Phi) is 4.59. The van der Waals surface area contributed by atoms with Gasteiger partial charge >= 0.3 is 0 Å². The fourth-order valence-electron chi connectivity index (χ4n) is 2.27. The molecule has 1 saturated carbocycles. The molecule has 0 spiro atoms. The van der Waals surface area contributed by atoms with Crippen LogP contribution in [0.2, 0.25) is 0 Å². The van der Waals surface area contributed by atoms with Crippen molar-refractivity contribution in [1.29, 1.82) is 0 Å². The molecule has 0 heterocycles. The van der Waals surface area contributed by atoms with E-state index in [-0.39, 0.29) is 5.91 Å². The quantitative estimate of drug-likeness (QED) is 0.839. The lowest BCUT2D eigenvalue weighted by atomic mass is 10.2. The van der Waals surface area contributed by atoms with Crippen LogP contribution in [0.25, 0.3) is 0 Å². The minimum atomic E-state index is -0.00449. The van der Waals surface area contributed by atoms with Crippen LogP contribution < -0.4 is 15.4 Å². The first-order valence-electron chi connectivity index (χ1n) is 6.45. The van der Waals surface area contributed by atoms with Crippen molar-refractivity contribution in [3.05, 3.63) is 24.3 Å². The molecule has 2 rings (SSSR count). The Morgan fingerprint density at radius 3 is 2.89 bits per heavy atom. The summed E-state index contributed by atoms with van der Waals surface area (Å²) >= 11 is 0. The first kappa shape index (κ1) is 12.9. The molecule has 0 bridgehead atoms. The number of carbonyl (C=O) groups is 1. The monoisotopic (exact) mass is 248 g/mol. The molecule has 1 aliphatic rings. The predicted octanol–water partition coefficient (Wildman–Crippen LogP) is 2.17. The molecule has 1 fully saturated rings. The molecule has 1 aliphatic carbocycles. The van der Waals surface area contributed by atoms with E-state index in [1.807, 2.05) is 24.3 Å². The van der Waals surface area contributed by atoms with E-state index in [9.17, 15) is 4.79 Å². The molecule has 18 heavy (non-hydrogen) atoms. The second-order valence-corrected chi connectivity index (χ2v) is 4.64. The van der Waals surface area contributed by atoms with Gasteiger partial charge in [-0.3, -0.25) is 4.79 Å². The van der Waals surface area contributed by atoms with Gasteiger partial charge in [0, 0.05) is 17.8 Å². The molecular weight excluding hydrogens is 228 g/mol. The molecule has 1 amide bonds. The number of carbonyl (C=O) groups excluding carboxylic acids is 1. The molecule has 1 aromatic rings. The molecule has 4 nitrogen and oxygen atoms in total. The molecule has 0 radical (unpaired) electrons. The van der Waals surface area contributed by atoms with Crippen molar-refractivity contribution in [2.24, 2.45) is 0 Å². The first-order chi connectivity index (χ1) is 8.78. The summed E-state index contributed by atoms with van der Waals surface area (Å²) in [6.45, 7) is 0.377. The molecule has 98 valence electrons. The SMILES string of the molecule is COc1cccc(NC(=O)CNC2CCCC2)c1. The van der Waals surface area contributed by atoms with E-state index in [2.05, 4.69) is 10.6 Å². The van der Waals surface area contributed by atoms with Gasteiger partial charge in [-0.1, -0.05) is 18.9 Å². The summed E-state index contributed by atoms with van der Waals surface area (Å²) < 4.78 is 5.11. The average Bonchev–Trinajstić information content (AvgIpc) is 2.90. The number of hydrogen-bond acceptors (Lipinski definition) is 3. The van der Waals surface area contributed by atoms with Crippen LogP contribution in [0.3, 0.4) is 0 Å². The number of hydrogen-bond donors (Lipinski definition) is 2. The number of nitrogens with one attached hydrogen (secondary N) is 2. The van der Waals surface area contributed by atoms with Gasteiger partial charge in [0.05, 0.1) is 13.7 Å². The molecular formula is C14H20N2O2. The van der Waals surface area contributed by atoms with E-state index >= 15 is 0 Å². The van der Waals surface area contributed by atoms with Gasteiger partial charge in [0.1, 0.15) is 5.75 Å². The van der Waals surface area contributed by atoms with Crippen LogP contribution in [-0.4, -0.2) is 25.6 Å². The number of rotatable bonds is 5. The zero-order chi connectivity index (χ0) is 12.8. The molecule has 0 saturated heterocycles. The van der Waals surface area contributed by atoms with E-state index in [0.29, 0.717) is 12.6 Å². The minimum absolute atomic E-state index is 0.00449. The fraction of sp³-hybridized carbons (Fsp3) is 0.500. The third-order valence-electron chi connectivity index (χ3n) is 3.26. The maximum Gasteiger partial charge on any atom is 0.238 e. The van der Waals surface area contributed by atoms with Gasteiger partial charge in [-0.25, -0.2) is 0 Å². The number of amides is 1. The van der Waals surface area contributed by atoms with Gasteiger partial charge in [-0.15, -0.1) is 0 Å². The largest absolute Gasteiger partial charge is 0.497 e. The highest BCUT2D eigenvalue weighted by Crippen LogP contribution is 2.18. The Balaban J connectivity index is 1.78. The van der Waals surface area contributed by atoms with Crippen molar-refractivity contribution < 1.29 is 9.53 Å². The third kappa shape index (κ3) is 3.74. The van der Waals surface area contributed by atoms with E-state index in [0.717, 1.165) is 11.4 Å². The lowest BCUT2D eigenvalue weighted by Gasteiger charge is -2.12. The number of benzene rings is 1. The summed E-state index contributed by atoms with van der Waals surface area (Å²) in [5.74, 6) is 0.742. The highest BCUT2D eigenvalue weighted by atomic mass is 16.5. The van der Waals surface area contributed by atoms with Gasteiger partial charge in [0.25, 0.3) is 0 Å². The minimum Gasteiger partial charge on any atom is -0.497 e. The molecule has 0 unspecified atom stereocenters. The zero-order valence-corrected chi connectivity index (χ0v) is 10.7.